The van der Waals surface area contributed by atoms with E-state index in [-0.39, 0.29) is 5.75 Å². The normalized spacial score (nSPS) is 11.1. The highest BCUT2D eigenvalue weighted by Crippen LogP contribution is 2.30. The second-order valence-corrected chi connectivity index (χ2v) is 3.19. The van der Waals surface area contributed by atoms with Crippen molar-refractivity contribution in [2.45, 2.75) is 5.25 Å². The van der Waals surface area contributed by atoms with Crippen molar-refractivity contribution in [2.75, 3.05) is 0 Å². The molecule has 0 heterocycles. The maximum absolute atomic E-state index is 12.7. The Hall–Kier alpha value is -1.18. The molecule has 1 aromatic rings. The lowest BCUT2D eigenvalue weighted by Gasteiger charge is -2.14. The van der Waals surface area contributed by atoms with E-state index in [4.69, 9.17) is 0 Å². The van der Waals surface area contributed by atoms with Gasteiger partial charge in [-0.1, -0.05) is 18.2 Å². The molecule has 0 bridgehead atoms. The second kappa shape index (κ2) is 5.06. The second-order valence-electron chi connectivity index (χ2n) is 2.37. The molecule has 0 aliphatic rings. The lowest BCUT2D eigenvalue weighted by Crippen LogP contribution is -2.30. The SMILES string of the molecule is O=C(Oc1ccccc1)C(F)(F)SO[O-]. The topological polar surface area (TPSA) is 58.6 Å². The number of benzene rings is 1. The summed E-state index contributed by atoms with van der Waals surface area (Å²) in [4.78, 5) is 10.8. The van der Waals surface area contributed by atoms with Crippen molar-refractivity contribution >= 4 is 18.0 Å². The molecule has 0 unspecified atom stereocenters. The summed E-state index contributed by atoms with van der Waals surface area (Å²) < 4.78 is 32.5. The Bertz CT molecular complexity index is 331. The van der Waals surface area contributed by atoms with Crippen LogP contribution in [0.3, 0.4) is 0 Å². The molecule has 15 heavy (non-hydrogen) atoms. The van der Waals surface area contributed by atoms with Crippen LogP contribution in [-0.2, 0) is 9.13 Å². The summed E-state index contributed by atoms with van der Waals surface area (Å²) in [5.74, 6) is -1.89. The highest BCUT2D eigenvalue weighted by Gasteiger charge is 2.42. The number of esters is 1. The third-order valence-corrected chi connectivity index (χ3v) is 1.77. The molecule has 4 nitrogen and oxygen atoms in total. The molecule has 7 heteroatoms. The van der Waals surface area contributed by atoms with Crippen molar-refractivity contribution in [3.05, 3.63) is 30.3 Å². The largest absolute Gasteiger partial charge is 0.710 e. The van der Waals surface area contributed by atoms with Gasteiger partial charge in [-0.25, -0.2) is 4.79 Å². The first-order chi connectivity index (χ1) is 7.06. The van der Waals surface area contributed by atoms with E-state index in [1.807, 2.05) is 0 Å². The highest BCUT2D eigenvalue weighted by atomic mass is 32.2. The third-order valence-electron chi connectivity index (χ3n) is 1.33. The lowest BCUT2D eigenvalue weighted by atomic mass is 10.3. The minimum atomic E-state index is -4.02. The first-order valence-corrected chi connectivity index (χ1v) is 4.43. The minimum Gasteiger partial charge on any atom is -0.710 e. The molecule has 0 spiro atoms. The van der Waals surface area contributed by atoms with Crippen LogP contribution in [-0.4, -0.2) is 11.2 Å². The highest BCUT2D eigenvalue weighted by molar-refractivity contribution is 7.96. The van der Waals surface area contributed by atoms with Gasteiger partial charge in [-0.15, -0.1) is 0 Å². The Morgan fingerprint density at radius 3 is 2.47 bits per heavy atom. The number of hydrogen-bond acceptors (Lipinski definition) is 5. The molecule has 0 saturated carbocycles. The molecule has 1 aromatic carbocycles. The molecule has 0 amide bonds. The summed E-state index contributed by atoms with van der Waals surface area (Å²) in [7, 11) is 0. The van der Waals surface area contributed by atoms with Gasteiger partial charge in [0.25, 0.3) is 0 Å². The van der Waals surface area contributed by atoms with Crippen LogP contribution < -0.4 is 9.99 Å². The predicted octanol–water partition coefficient (Wildman–Crippen LogP) is 1.12. The minimum absolute atomic E-state index is 0.0336. The van der Waals surface area contributed by atoms with Crippen molar-refractivity contribution in [1.82, 2.24) is 0 Å². The van der Waals surface area contributed by atoms with Gasteiger partial charge in [-0.3, -0.25) is 0 Å². The standard InChI is InChI=1S/C8H6F2O4S/c9-8(10,15-14-12)7(11)13-6-4-2-1-3-5-6/h1-5,12H/p-1. The Morgan fingerprint density at radius 2 is 1.93 bits per heavy atom. The Morgan fingerprint density at radius 1 is 1.33 bits per heavy atom. The van der Waals surface area contributed by atoms with Crippen LogP contribution in [0.25, 0.3) is 0 Å². The molecule has 0 aromatic heterocycles. The molecule has 0 fully saturated rings. The first-order valence-electron chi connectivity index (χ1n) is 3.69. The summed E-state index contributed by atoms with van der Waals surface area (Å²) in [6.45, 7) is 0. The Balaban J connectivity index is 2.63. The van der Waals surface area contributed by atoms with E-state index in [1.165, 1.54) is 24.3 Å². The Labute approximate surface area is 87.9 Å². The summed E-state index contributed by atoms with van der Waals surface area (Å²) >= 11 is -0.803. The number of ether oxygens (including phenoxy) is 1. The van der Waals surface area contributed by atoms with Crippen LogP contribution >= 0.6 is 12.0 Å². The molecule has 0 radical (unpaired) electrons. The number of carbonyl (C=O) groups is 1. The number of hydrogen-bond donors (Lipinski definition) is 0. The van der Waals surface area contributed by atoms with Crippen molar-refractivity contribution in [3.8, 4) is 5.75 Å². The average Bonchev–Trinajstić information content (AvgIpc) is 2.19. The fourth-order valence-electron chi connectivity index (χ4n) is 0.732. The molecule has 0 aliphatic heterocycles. The van der Waals surface area contributed by atoms with Gasteiger partial charge >= 0.3 is 11.2 Å². The molecule has 0 N–H and O–H groups in total. The molecule has 0 saturated heterocycles. The zero-order valence-corrected chi connectivity index (χ0v) is 8.00. The van der Waals surface area contributed by atoms with Gasteiger partial charge in [-0.2, -0.15) is 8.78 Å². The zero-order chi connectivity index (χ0) is 11.3. The van der Waals surface area contributed by atoms with Gasteiger partial charge in [-0.05, 0) is 12.1 Å². The van der Waals surface area contributed by atoms with E-state index in [1.54, 1.807) is 6.07 Å². The smallest absolute Gasteiger partial charge is 0.412 e. The van der Waals surface area contributed by atoms with Crippen LogP contribution in [0.4, 0.5) is 8.78 Å². The lowest BCUT2D eigenvalue weighted by molar-refractivity contribution is -0.630. The predicted molar refractivity (Wildman–Crippen MR) is 45.7 cm³/mol. The van der Waals surface area contributed by atoms with Gasteiger partial charge < -0.3 is 14.3 Å². The van der Waals surface area contributed by atoms with Crippen molar-refractivity contribution in [1.29, 1.82) is 0 Å². The summed E-state index contributed by atoms with van der Waals surface area (Å²) in [6, 6.07) is 7.31. The third kappa shape index (κ3) is 3.46. The number of para-hydroxylation sites is 1. The fraction of sp³-hybridized carbons (Fsp3) is 0.125. The zero-order valence-electron chi connectivity index (χ0n) is 7.18. The molecule has 0 aliphatic carbocycles. The maximum Gasteiger partial charge on any atom is 0.412 e. The van der Waals surface area contributed by atoms with Crippen molar-refractivity contribution in [2.24, 2.45) is 0 Å². The monoisotopic (exact) mass is 235 g/mol. The van der Waals surface area contributed by atoms with E-state index in [0.717, 1.165) is 0 Å². The average molecular weight is 235 g/mol. The molecular weight excluding hydrogens is 230 g/mol. The summed E-state index contributed by atoms with van der Waals surface area (Å²) in [5, 5.41) is 5.46. The van der Waals surface area contributed by atoms with E-state index in [0.29, 0.717) is 0 Å². The van der Waals surface area contributed by atoms with E-state index < -0.39 is 23.3 Å². The van der Waals surface area contributed by atoms with Gasteiger partial charge in [0.2, 0.25) is 0 Å². The molecule has 1 rings (SSSR count). The van der Waals surface area contributed by atoms with E-state index in [2.05, 4.69) is 9.07 Å². The number of carbonyl (C=O) groups excluding carboxylic acids is 1. The molecular formula is C8H5F2O4S-. The van der Waals surface area contributed by atoms with Crippen LogP contribution in [0, 0.1) is 0 Å². The first kappa shape index (κ1) is 11.9. The number of alkyl halides is 2. The van der Waals surface area contributed by atoms with Gasteiger partial charge in [0.1, 0.15) is 5.75 Å². The fourth-order valence-corrected chi connectivity index (χ4v) is 0.927. The Kier molecular flexibility index (Phi) is 4.01. The van der Waals surface area contributed by atoms with Crippen LogP contribution in [0.15, 0.2) is 30.3 Å². The van der Waals surface area contributed by atoms with E-state index in [9.17, 15) is 18.8 Å². The number of halogens is 2. The van der Waals surface area contributed by atoms with Gasteiger partial charge in [0.05, 0.1) is 12.0 Å². The van der Waals surface area contributed by atoms with Crippen LogP contribution in [0.5, 0.6) is 5.75 Å². The summed E-state index contributed by atoms with van der Waals surface area (Å²) in [5.41, 5.74) is 0. The quantitative estimate of drug-likeness (QED) is 0.257. The van der Waals surface area contributed by atoms with Gasteiger partial charge in [0, 0.05) is 0 Å². The molecule has 82 valence electrons. The van der Waals surface area contributed by atoms with E-state index >= 15 is 0 Å². The number of rotatable bonds is 4. The maximum atomic E-state index is 12.7. The van der Waals surface area contributed by atoms with Crippen LogP contribution in [0.2, 0.25) is 0 Å². The molecule has 0 atom stereocenters. The van der Waals surface area contributed by atoms with Crippen LogP contribution in [0.1, 0.15) is 0 Å². The van der Waals surface area contributed by atoms with Crippen molar-refractivity contribution < 1.29 is 27.9 Å². The van der Waals surface area contributed by atoms with Gasteiger partial charge in [0.15, 0.2) is 0 Å². The van der Waals surface area contributed by atoms with Crippen molar-refractivity contribution in [3.63, 3.8) is 0 Å². The summed E-state index contributed by atoms with van der Waals surface area (Å²) in [6.07, 6.45) is 0.